The summed E-state index contributed by atoms with van der Waals surface area (Å²) in [6.07, 6.45) is 1.70. The molecule has 0 radical (unpaired) electrons. The Balaban J connectivity index is 1.73. The fourth-order valence-electron chi connectivity index (χ4n) is 3.01. The Morgan fingerprint density at radius 2 is 1.53 bits per heavy atom. The van der Waals surface area contributed by atoms with Gasteiger partial charge in [0.15, 0.2) is 0 Å². The molecule has 0 aliphatic heterocycles. The lowest BCUT2D eigenvalue weighted by Crippen LogP contribution is -2.07. The van der Waals surface area contributed by atoms with Crippen molar-refractivity contribution in [2.24, 2.45) is 0 Å². The number of methoxy groups -OCH3 is 1. The molecule has 0 amide bonds. The maximum atomic E-state index is 14.1. The Morgan fingerprint density at radius 3 is 2.20 bits per heavy atom. The SMILES string of the molecule is CC=C(C(=O)OC)c1ccccc1COc1cc(F)cc(OCc2ccccc2)c1. The smallest absolute Gasteiger partial charge is 0.338 e. The van der Waals surface area contributed by atoms with Crippen molar-refractivity contribution in [1.29, 1.82) is 0 Å². The zero-order valence-electron chi connectivity index (χ0n) is 16.9. The average molecular weight is 406 g/mol. The molecule has 30 heavy (non-hydrogen) atoms. The number of hydrogen-bond acceptors (Lipinski definition) is 4. The third kappa shape index (κ3) is 5.47. The summed E-state index contributed by atoms with van der Waals surface area (Å²) in [5.74, 6) is -0.154. The van der Waals surface area contributed by atoms with E-state index in [0.717, 1.165) is 11.1 Å². The first-order valence-corrected chi connectivity index (χ1v) is 9.53. The number of benzene rings is 3. The molecule has 0 saturated heterocycles. The molecule has 3 aromatic carbocycles. The van der Waals surface area contributed by atoms with Crippen LogP contribution in [0.3, 0.4) is 0 Å². The van der Waals surface area contributed by atoms with Gasteiger partial charge in [0.1, 0.15) is 30.5 Å². The summed E-state index contributed by atoms with van der Waals surface area (Å²) in [4.78, 5) is 12.1. The van der Waals surface area contributed by atoms with Crippen LogP contribution in [0.4, 0.5) is 4.39 Å². The molecule has 0 aliphatic carbocycles. The van der Waals surface area contributed by atoms with Gasteiger partial charge in [-0.05, 0) is 23.6 Å². The molecule has 3 rings (SSSR count). The Kier molecular flexibility index (Phi) is 7.22. The zero-order valence-corrected chi connectivity index (χ0v) is 16.9. The predicted molar refractivity (Wildman–Crippen MR) is 114 cm³/mol. The minimum atomic E-state index is -0.451. The number of carbonyl (C=O) groups is 1. The van der Waals surface area contributed by atoms with Gasteiger partial charge in [-0.1, -0.05) is 60.7 Å². The molecule has 0 heterocycles. The highest BCUT2D eigenvalue weighted by Gasteiger charge is 2.15. The fourth-order valence-corrected chi connectivity index (χ4v) is 3.01. The molecular formula is C25H23FO4. The van der Waals surface area contributed by atoms with Gasteiger partial charge in [0, 0.05) is 18.2 Å². The van der Waals surface area contributed by atoms with Crippen molar-refractivity contribution in [3.05, 3.63) is 101 Å². The van der Waals surface area contributed by atoms with Gasteiger partial charge in [-0.25, -0.2) is 9.18 Å². The topological polar surface area (TPSA) is 44.8 Å². The average Bonchev–Trinajstić information content (AvgIpc) is 2.78. The lowest BCUT2D eigenvalue weighted by atomic mass is 10.00. The number of halogens is 1. The van der Waals surface area contributed by atoms with Crippen LogP contribution < -0.4 is 9.47 Å². The van der Waals surface area contributed by atoms with Crippen LogP contribution in [-0.4, -0.2) is 13.1 Å². The summed E-state index contributed by atoms with van der Waals surface area (Å²) >= 11 is 0. The van der Waals surface area contributed by atoms with E-state index in [2.05, 4.69) is 0 Å². The minimum Gasteiger partial charge on any atom is -0.489 e. The van der Waals surface area contributed by atoms with Crippen molar-refractivity contribution in [2.75, 3.05) is 7.11 Å². The third-order valence-electron chi connectivity index (χ3n) is 4.49. The zero-order chi connectivity index (χ0) is 21.3. The quantitative estimate of drug-likeness (QED) is 0.363. The second kappa shape index (κ2) is 10.3. The van der Waals surface area contributed by atoms with Crippen molar-refractivity contribution in [2.45, 2.75) is 20.1 Å². The Labute approximate surface area is 175 Å². The van der Waals surface area contributed by atoms with E-state index in [9.17, 15) is 9.18 Å². The van der Waals surface area contributed by atoms with Gasteiger partial charge in [0.25, 0.3) is 0 Å². The number of allylic oxidation sites excluding steroid dienone is 1. The lowest BCUT2D eigenvalue weighted by Gasteiger charge is -2.14. The Bertz CT molecular complexity index is 1030. The molecule has 0 N–H and O–H groups in total. The summed E-state index contributed by atoms with van der Waals surface area (Å²) in [5, 5.41) is 0. The molecule has 0 aromatic heterocycles. The van der Waals surface area contributed by atoms with Crippen LogP contribution in [0, 0.1) is 5.82 Å². The van der Waals surface area contributed by atoms with Gasteiger partial charge in [-0.2, -0.15) is 0 Å². The van der Waals surface area contributed by atoms with Crippen molar-refractivity contribution in [3.63, 3.8) is 0 Å². The van der Waals surface area contributed by atoms with Crippen molar-refractivity contribution in [3.8, 4) is 11.5 Å². The highest BCUT2D eigenvalue weighted by Crippen LogP contribution is 2.26. The standard InChI is InChI=1S/C25H23FO4/c1-3-23(25(27)28-2)24-12-8-7-11-19(24)17-30-22-14-20(26)13-21(15-22)29-16-18-9-5-4-6-10-18/h3-15H,16-17H2,1-2H3. The summed E-state index contributed by atoms with van der Waals surface area (Å²) in [6.45, 7) is 2.26. The summed E-state index contributed by atoms with van der Waals surface area (Å²) in [7, 11) is 1.34. The number of carbonyl (C=O) groups excluding carboxylic acids is 1. The molecule has 154 valence electrons. The van der Waals surface area contributed by atoms with E-state index in [0.29, 0.717) is 29.2 Å². The molecule has 0 saturated carbocycles. The van der Waals surface area contributed by atoms with Gasteiger partial charge in [-0.3, -0.25) is 0 Å². The van der Waals surface area contributed by atoms with Crippen LogP contribution in [0.5, 0.6) is 11.5 Å². The Morgan fingerprint density at radius 1 is 0.900 bits per heavy atom. The largest absolute Gasteiger partial charge is 0.489 e. The summed E-state index contributed by atoms with van der Waals surface area (Å²) in [5.41, 5.74) is 2.93. The number of hydrogen-bond donors (Lipinski definition) is 0. The van der Waals surface area contributed by atoms with Crippen molar-refractivity contribution in [1.82, 2.24) is 0 Å². The van der Waals surface area contributed by atoms with Gasteiger partial charge in [0.05, 0.1) is 12.7 Å². The van der Waals surface area contributed by atoms with E-state index in [-0.39, 0.29) is 6.61 Å². The second-order valence-electron chi connectivity index (χ2n) is 6.54. The number of ether oxygens (including phenoxy) is 3. The molecule has 3 aromatic rings. The molecule has 0 spiro atoms. The highest BCUT2D eigenvalue weighted by molar-refractivity contribution is 6.16. The van der Waals surface area contributed by atoms with Gasteiger partial charge >= 0.3 is 5.97 Å². The fraction of sp³-hybridized carbons (Fsp3) is 0.160. The monoisotopic (exact) mass is 406 g/mol. The van der Waals surface area contributed by atoms with Crippen LogP contribution >= 0.6 is 0 Å². The van der Waals surface area contributed by atoms with Gasteiger partial charge in [-0.15, -0.1) is 0 Å². The van der Waals surface area contributed by atoms with Gasteiger partial charge in [0.2, 0.25) is 0 Å². The molecule has 5 heteroatoms. The molecule has 0 aliphatic rings. The van der Waals surface area contributed by atoms with E-state index in [1.807, 2.05) is 54.6 Å². The molecular weight excluding hydrogens is 383 g/mol. The minimum absolute atomic E-state index is 0.159. The van der Waals surface area contributed by atoms with Crippen molar-refractivity contribution >= 4 is 11.5 Å². The molecule has 0 bridgehead atoms. The maximum Gasteiger partial charge on any atom is 0.338 e. The normalized spacial score (nSPS) is 11.1. The second-order valence-corrected chi connectivity index (χ2v) is 6.54. The van der Waals surface area contributed by atoms with Crippen LogP contribution in [0.1, 0.15) is 23.6 Å². The van der Waals surface area contributed by atoms with Crippen molar-refractivity contribution < 1.29 is 23.4 Å². The van der Waals surface area contributed by atoms with E-state index < -0.39 is 11.8 Å². The number of esters is 1. The highest BCUT2D eigenvalue weighted by atomic mass is 19.1. The first kappa shape index (κ1) is 21.1. The van der Waals surface area contributed by atoms with Crippen LogP contribution in [0.2, 0.25) is 0 Å². The van der Waals surface area contributed by atoms with E-state index in [1.54, 1.807) is 19.1 Å². The maximum absolute atomic E-state index is 14.1. The van der Waals surface area contributed by atoms with Gasteiger partial charge < -0.3 is 14.2 Å². The van der Waals surface area contributed by atoms with Crippen LogP contribution in [-0.2, 0) is 22.7 Å². The van der Waals surface area contributed by atoms with Crippen LogP contribution in [0.25, 0.3) is 5.57 Å². The van der Waals surface area contributed by atoms with E-state index >= 15 is 0 Å². The molecule has 0 atom stereocenters. The first-order chi connectivity index (χ1) is 14.6. The number of rotatable bonds is 8. The first-order valence-electron chi connectivity index (χ1n) is 9.53. The Hall–Kier alpha value is -3.60. The van der Waals surface area contributed by atoms with E-state index in [1.165, 1.54) is 19.2 Å². The van der Waals surface area contributed by atoms with E-state index in [4.69, 9.17) is 14.2 Å². The molecule has 0 fully saturated rings. The third-order valence-corrected chi connectivity index (χ3v) is 4.49. The summed E-state index contributed by atoms with van der Waals surface area (Å²) in [6, 6.07) is 21.3. The molecule has 4 nitrogen and oxygen atoms in total. The molecule has 0 unspecified atom stereocenters. The van der Waals surface area contributed by atoms with Crippen LogP contribution in [0.15, 0.2) is 78.9 Å². The summed E-state index contributed by atoms with van der Waals surface area (Å²) < 4.78 is 30.4. The predicted octanol–water partition coefficient (Wildman–Crippen LogP) is 5.56. The lowest BCUT2D eigenvalue weighted by molar-refractivity contribution is -0.133.